The molecule has 1 unspecified atom stereocenters. The number of carboxylic acid groups (broad SMARTS) is 1. The molecule has 1 aromatic carbocycles. The normalized spacial score (nSPS) is 12.2. The van der Waals surface area contributed by atoms with Gasteiger partial charge < -0.3 is 10.4 Å². The lowest BCUT2D eigenvalue weighted by molar-refractivity contribution is -0.142. The average molecular weight is 350 g/mol. The van der Waals surface area contributed by atoms with Crippen LogP contribution in [0.25, 0.3) is 10.6 Å². The van der Waals surface area contributed by atoms with Crippen molar-refractivity contribution in [3.63, 3.8) is 0 Å². The lowest BCUT2D eigenvalue weighted by Crippen LogP contribution is -2.42. The summed E-state index contributed by atoms with van der Waals surface area (Å²) in [4.78, 5) is 27.5. The summed E-state index contributed by atoms with van der Waals surface area (Å²) in [6.45, 7) is 3.79. The standard InChI is InChI=1S/C17H19FN2O3S/c1-10(2)6-14(17(22)23)20-15(21)8-13-9-24-16(19-13)11-4-3-5-12(18)7-11/h3-5,7,9-10,14H,6,8H2,1-2H3,(H,20,21)(H,22,23). The van der Waals surface area contributed by atoms with Crippen molar-refractivity contribution in [2.45, 2.75) is 32.7 Å². The molecule has 128 valence electrons. The fraction of sp³-hybridized carbons (Fsp3) is 0.353. The van der Waals surface area contributed by atoms with E-state index in [1.807, 2.05) is 13.8 Å². The number of aliphatic carboxylic acids is 1. The minimum Gasteiger partial charge on any atom is -0.480 e. The number of rotatable bonds is 7. The van der Waals surface area contributed by atoms with Crippen molar-refractivity contribution in [3.8, 4) is 10.6 Å². The number of nitrogens with one attached hydrogen (secondary N) is 1. The van der Waals surface area contributed by atoms with E-state index in [9.17, 15) is 14.0 Å². The number of halogens is 1. The molecule has 0 saturated carbocycles. The summed E-state index contributed by atoms with van der Waals surface area (Å²) in [5, 5.41) is 14.0. The van der Waals surface area contributed by atoms with Gasteiger partial charge in [0.15, 0.2) is 0 Å². The molecule has 1 amide bonds. The third kappa shape index (κ3) is 5.13. The van der Waals surface area contributed by atoms with Gasteiger partial charge >= 0.3 is 5.97 Å². The van der Waals surface area contributed by atoms with Gasteiger partial charge in [0.2, 0.25) is 5.91 Å². The second-order valence-electron chi connectivity index (χ2n) is 5.92. The van der Waals surface area contributed by atoms with Gasteiger partial charge in [-0.25, -0.2) is 14.2 Å². The molecule has 0 fully saturated rings. The van der Waals surface area contributed by atoms with E-state index >= 15 is 0 Å². The van der Waals surface area contributed by atoms with Crippen molar-refractivity contribution in [1.29, 1.82) is 0 Å². The molecule has 0 aliphatic rings. The molecule has 7 heteroatoms. The van der Waals surface area contributed by atoms with Crippen LogP contribution in [-0.2, 0) is 16.0 Å². The predicted octanol–water partition coefficient (Wildman–Crippen LogP) is 3.11. The molecule has 0 aliphatic carbocycles. The second kappa shape index (κ2) is 8.01. The molecule has 1 atom stereocenters. The summed E-state index contributed by atoms with van der Waals surface area (Å²) >= 11 is 1.32. The third-order valence-electron chi connectivity index (χ3n) is 3.31. The first-order valence-corrected chi connectivity index (χ1v) is 8.45. The van der Waals surface area contributed by atoms with Crippen molar-refractivity contribution in [2.75, 3.05) is 0 Å². The molecule has 2 N–H and O–H groups in total. The summed E-state index contributed by atoms with van der Waals surface area (Å²) in [6, 6.07) is 5.17. The monoisotopic (exact) mass is 350 g/mol. The fourth-order valence-corrected chi connectivity index (χ4v) is 3.06. The first-order chi connectivity index (χ1) is 11.3. The second-order valence-corrected chi connectivity index (χ2v) is 6.78. The SMILES string of the molecule is CC(C)CC(NC(=O)Cc1csc(-c2cccc(F)c2)n1)C(=O)O. The molecule has 1 heterocycles. The maximum Gasteiger partial charge on any atom is 0.326 e. The highest BCUT2D eigenvalue weighted by Crippen LogP contribution is 2.24. The number of carbonyl (C=O) groups is 2. The Kier molecular flexibility index (Phi) is 6.03. The van der Waals surface area contributed by atoms with Gasteiger partial charge in [0.05, 0.1) is 12.1 Å². The van der Waals surface area contributed by atoms with Crippen LogP contribution in [0.15, 0.2) is 29.6 Å². The molecule has 2 rings (SSSR count). The zero-order valence-electron chi connectivity index (χ0n) is 13.5. The van der Waals surface area contributed by atoms with Gasteiger partial charge in [-0.3, -0.25) is 4.79 Å². The van der Waals surface area contributed by atoms with Crippen LogP contribution < -0.4 is 5.32 Å². The molecule has 0 spiro atoms. The van der Waals surface area contributed by atoms with E-state index in [0.717, 1.165) is 0 Å². The molecular formula is C17H19FN2O3S. The van der Waals surface area contributed by atoms with Gasteiger partial charge in [0.1, 0.15) is 16.9 Å². The topological polar surface area (TPSA) is 79.3 Å². The number of nitrogens with zero attached hydrogens (tertiary/aromatic N) is 1. The number of aromatic nitrogens is 1. The quantitative estimate of drug-likeness (QED) is 0.804. The zero-order valence-corrected chi connectivity index (χ0v) is 14.3. The molecule has 24 heavy (non-hydrogen) atoms. The Balaban J connectivity index is 2.01. The molecule has 1 aromatic heterocycles. The van der Waals surface area contributed by atoms with Crippen molar-refractivity contribution in [2.24, 2.45) is 5.92 Å². The minimum atomic E-state index is -1.05. The van der Waals surface area contributed by atoms with E-state index in [1.165, 1.54) is 23.5 Å². The van der Waals surface area contributed by atoms with Crippen LogP contribution >= 0.6 is 11.3 Å². The predicted molar refractivity (Wildman–Crippen MR) is 90.2 cm³/mol. The van der Waals surface area contributed by atoms with E-state index in [1.54, 1.807) is 17.5 Å². The fourth-order valence-electron chi connectivity index (χ4n) is 2.25. The lowest BCUT2D eigenvalue weighted by atomic mass is 10.0. The first kappa shape index (κ1) is 18.1. The number of thiazole rings is 1. The van der Waals surface area contributed by atoms with Crippen molar-refractivity contribution < 1.29 is 19.1 Å². The Morgan fingerprint density at radius 3 is 2.75 bits per heavy atom. The molecule has 0 bridgehead atoms. The van der Waals surface area contributed by atoms with Crippen LogP contribution in [0.5, 0.6) is 0 Å². The van der Waals surface area contributed by atoms with Crippen LogP contribution in [-0.4, -0.2) is 28.0 Å². The number of carboxylic acids is 1. The summed E-state index contributed by atoms with van der Waals surface area (Å²) < 4.78 is 13.3. The molecule has 0 radical (unpaired) electrons. The Bertz CT molecular complexity index is 730. The average Bonchev–Trinajstić information content (AvgIpc) is 2.94. The van der Waals surface area contributed by atoms with E-state index < -0.39 is 12.0 Å². The Hall–Kier alpha value is -2.28. The minimum absolute atomic E-state index is 0.00626. The van der Waals surface area contributed by atoms with E-state index in [2.05, 4.69) is 10.3 Å². The first-order valence-electron chi connectivity index (χ1n) is 7.57. The van der Waals surface area contributed by atoms with Crippen molar-refractivity contribution in [1.82, 2.24) is 10.3 Å². The molecule has 0 aliphatic heterocycles. The van der Waals surface area contributed by atoms with Crippen molar-refractivity contribution >= 4 is 23.2 Å². The summed E-state index contributed by atoms with van der Waals surface area (Å²) in [5.41, 5.74) is 1.18. The van der Waals surface area contributed by atoms with Gasteiger partial charge in [0.25, 0.3) is 0 Å². The molecule has 2 aromatic rings. The highest BCUT2D eigenvalue weighted by Gasteiger charge is 2.21. The molecule has 5 nitrogen and oxygen atoms in total. The van der Waals surface area contributed by atoms with E-state index in [4.69, 9.17) is 5.11 Å². The number of hydrogen-bond donors (Lipinski definition) is 2. The number of amides is 1. The van der Waals surface area contributed by atoms with Crippen LogP contribution in [0, 0.1) is 11.7 Å². The van der Waals surface area contributed by atoms with Gasteiger partial charge in [-0.2, -0.15) is 0 Å². The Morgan fingerprint density at radius 2 is 2.12 bits per heavy atom. The Labute approximate surface area is 143 Å². The van der Waals surface area contributed by atoms with Gasteiger partial charge in [-0.15, -0.1) is 11.3 Å². The van der Waals surface area contributed by atoms with E-state index in [-0.39, 0.29) is 24.1 Å². The summed E-state index contributed by atoms with van der Waals surface area (Å²) in [7, 11) is 0. The highest BCUT2D eigenvalue weighted by molar-refractivity contribution is 7.13. The maximum atomic E-state index is 13.3. The highest BCUT2D eigenvalue weighted by atomic mass is 32.1. The Morgan fingerprint density at radius 1 is 1.38 bits per heavy atom. The number of carbonyl (C=O) groups excluding carboxylic acids is 1. The summed E-state index contributed by atoms with van der Waals surface area (Å²) in [5.74, 6) is -1.62. The van der Waals surface area contributed by atoms with Crippen LogP contribution in [0.2, 0.25) is 0 Å². The lowest BCUT2D eigenvalue weighted by Gasteiger charge is -2.16. The molecular weight excluding hydrogens is 331 g/mol. The zero-order chi connectivity index (χ0) is 17.7. The third-order valence-corrected chi connectivity index (χ3v) is 4.25. The summed E-state index contributed by atoms with van der Waals surface area (Å²) in [6.07, 6.45) is 0.361. The largest absolute Gasteiger partial charge is 0.480 e. The van der Waals surface area contributed by atoms with Gasteiger partial charge in [-0.05, 0) is 24.5 Å². The van der Waals surface area contributed by atoms with Crippen LogP contribution in [0.3, 0.4) is 0 Å². The van der Waals surface area contributed by atoms with Crippen LogP contribution in [0.4, 0.5) is 4.39 Å². The van der Waals surface area contributed by atoms with Crippen molar-refractivity contribution in [3.05, 3.63) is 41.2 Å². The molecule has 0 saturated heterocycles. The van der Waals surface area contributed by atoms with E-state index in [0.29, 0.717) is 22.7 Å². The smallest absolute Gasteiger partial charge is 0.326 e. The van der Waals surface area contributed by atoms with Crippen LogP contribution in [0.1, 0.15) is 26.0 Å². The number of hydrogen-bond acceptors (Lipinski definition) is 4. The number of benzene rings is 1. The van der Waals surface area contributed by atoms with Gasteiger partial charge in [-0.1, -0.05) is 26.0 Å². The van der Waals surface area contributed by atoms with Gasteiger partial charge in [0, 0.05) is 10.9 Å². The maximum absolute atomic E-state index is 13.3.